The lowest BCUT2D eigenvalue weighted by atomic mass is 10.2. The molecule has 1 aromatic heterocycles. The van der Waals surface area contributed by atoms with Crippen LogP contribution in [0.4, 0.5) is 5.82 Å². The van der Waals surface area contributed by atoms with Gasteiger partial charge in [-0.1, -0.05) is 6.08 Å². The van der Waals surface area contributed by atoms with Crippen LogP contribution in [0.25, 0.3) is 5.57 Å². The van der Waals surface area contributed by atoms with E-state index in [4.69, 9.17) is 0 Å². The van der Waals surface area contributed by atoms with Crippen LogP contribution in [0.15, 0.2) is 12.3 Å². The maximum Gasteiger partial charge on any atom is 0.382 e. The van der Waals surface area contributed by atoms with E-state index in [9.17, 15) is 10.1 Å². The largest absolute Gasteiger partial charge is 0.382 e. The molecule has 0 N–H and O–H groups in total. The number of hydrogen-bond donors (Lipinski definition) is 0. The van der Waals surface area contributed by atoms with E-state index in [0.717, 1.165) is 30.7 Å². The van der Waals surface area contributed by atoms with E-state index in [1.54, 1.807) is 11.6 Å². The molecule has 5 heteroatoms. The van der Waals surface area contributed by atoms with Gasteiger partial charge in [0.25, 0.3) is 5.82 Å². The van der Waals surface area contributed by atoms with Gasteiger partial charge in [-0.05, 0) is 29.2 Å². The standard InChI is InChI=1S/C9H11N3O2/c1-11-6-8(12(13)14)10-9(11)7-4-2-3-5-7/h4,6H,2-3,5H2,1H3. The molecule has 74 valence electrons. The van der Waals surface area contributed by atoms with E-state index in [1.807, 2.05) is 0 Å². The highest BCUT2D eigenvalue weighted by Crippen LogP contribution is 2.27. The third kappa shape index (κ3) is 1.41. The Hall–Kier alpha value is -1.65. The first-order valence-electron chi connectivity index (χ1n) is 4.55. The first kappa shape index (κ1) is 8.93. The fourth-order valence-electron chi connectivity index (χ4n) is 1.71. The van der Waals surface area contributed by atoms with Gasteiger partial charge in [-0.3, -0.25) is 0 Å². The van der Waals surface area contributed by atoms with E-state index in [0.29, 0.717) is 0 Å². The van der Waals surface area contributed by atoms with Crippen molar-refractivity contribution < 1.29 is 4.92 Å². The minimum atomic E-state index is -0.459. The van der Waals surface area contributed by atoms with Crippen molar-refractivity contribution in [2.75, 3.05) is 0 Å². The van der Waals surface area contributed by atoms with Crippen LogP contribution in [0.5, 0.6) is 0 Å². The van der Waals surface area contributed by atoms with Gasteiger partial charge in [-0.2, -0.15) is 0 Å². The van der Waals surface area contributed by atoms with Crippen molar-refractivity contribution in [3.63, 3.8) is 0 Å². The molecule has 0 radical (unpaired) electrons. The van der Waals surface area contributed by atoms with Gasteiger partial charge in [0.05, 0.1) is 0 Å². The second-order valence-corrected chi connectivity index (χ2v) is 3.41. The van der Waals surface area contributed by atoms with Crippen LogP contribution in [0, 0.1) is 10.1 Å². The summed E-state index contributed by atoms with van der Waals surface area (Å²) in [5, 5.41) is 10.5. The topological polar surface area (TPSA) is 61.0 Å². The molecule has 0 fully saturated rings. The van der Waals surface area contributed by atoms with E-state index in [2.05, 4.69) is 11.1 Å². The van der Waals surface area contributed by atoms with Crippen LogP contribution in [-0.2, 0) is 7.05 Å². The molecule has 1 heterocycles. The molecule has 1 aliphatic rings. The smallest absolute Gasteiger partial charge is 0.358 e. The van der Waals surface area contributed by atoms with E-state index < -0.39 is 4.92 Å². The first-order valence-corrected chi connectivity index (χ1v) is 4.55. The second kappa shape index (κ2) is 3.25. The summed E-state index contributed by atoms with van der Waals surface area (Å²) in [6.07, 6.45) is 6.70. The zero-order chi connectivity index (χ0) is 10.1. The predicted octanol–water partition coefficient (Wildman–Crippen LogP) is 1.90. The predicted molar refractivity (Wildman–Crippen MR) is 51.7 cm³/mol. The van der Waals surface area contributed by atoms with Crippen LogP contribution in [0.2, 0.25) is 0 Å². The summed E-state index contributed by atoms with van der Waals surface area (Å²) in [5.74, 6) is 0.657. The van der Waals surface area contributed by atoms with Gasteiger partial charge in [0.2, 0.25) is 0 Å². The molecule has 0 aromatic carbocycles. The quantitative estimate of drug-likeness (QED) is 0.532. The van der Waals surface area contributed by atoms with Crippen molar-refractivity contribution >= 4 is 11.4 Å². The first-order chi connectivity index (χ1) is 6.68. The number of imidazole rings is 1. The van der Waals surface area contributed by atoms with Crippen LogP contribution in [0.1, 0.15) is 25.1 Å². The van der Waals surface area contributed by atoms with Crippen LogP contribution in [-0.4, -0.2) is 14.5 Å². The van der Waals surface area contributed by atoms with Crippen molar-refractivity contribution in [2.24, 2.45) is 7.05 Å². The highest BCUT2D eigenvalue weighted by Gasteiger charge is 2.21. The number of nitrogens with zero attached hydrogens (tertiary/aromatic N) is 3. The lowest BCUT2D eigenvalue weighted by Gasteiger charge is -1.94. The number of hydrogen-bond acceptors (Lipinski definition) is 3. The Labute approximate surface area is 81.2 Å². The van der Waals surface area contributed by atoms with Gasteiger partial charge in [0, 0.05) is 12.6 Å². The number of aryl methyl sites for hydroxylation is 1. The van der Waals surface area contributed by atoms with Crippen LogP contribution < -0.4 is 0 Å². The highest BCUT2D eigenvalue weighted by molar-refractivity contribution is 5.62. The molecule has 0 atom stereocenters. The van der Waals surface area contributed by atoms with Gasteiger partial charge in [0.15, 0.2) is 0 Å². The molecular formula is C9H11N3O2. The van der Waals surface area contributed by atoms with Gasteiger partial charge >= 0.3 is 5.82 Å². The molecule has 0 saturated carbocycles. The number of rotatable bonds is 2. The van der Waals surface area contributed by atoms with E-state index >= 15 is 0 Å². The van der Waals surface area contributed by atoms with Crippen molar-refractivity contribution in [3.05, 3.63) is 28.2 Å². The van der Waals surface area contributed by atoms with E-state index in [1.165, 1.54) is 6.20 Å². The summed E-state index contributed by atoms with van der Waals surface area (Å²) in [7, 11) is 1.79. The lowest BCUT2D eigenvalue weighted by molar-refractivity contribution is -0.389. The monoisotopic (exact) mass is 193 g/mol. The Bertz CT molecular complexity index is 406. The summed E-state index contributed by atoms with van der Waals surface area (Å²) >= 11 is 0. The summed E-state index contributed by atoms with van der Waals surface area (Å²) in [5.41, 5.74) is 1.13. The fraction of sp³-hybridized carbons (Fsp3) is 0.444. The fourth-order valence-corrected chi connectivity index (χ4v) is 1.71. The minimum absolute atomic E-state index is 0.0738. The average molecular weight is 193 g/mol. The van der Waals surface area contributed by atoms with Crippen LogP contribution >= 0.6 is 0 Å². The van der Waals surface area contributed by atoms with Crippen molar-refractivity contribution in [2.45, 2.75) is 19.3 Å². The Morgan fingerprint density at radius 3 is 2.93 bits per heavy atom. The second-order valence-electron chi connectivity index (χ2n) is 3.41. The molecule has 0 unspecified atom stereocenters. The summed E-state index contributed by atoms with van der Waals surface area (Å²) in [4.78, 5) is 14.0. The zero-order valence-electron chi connectivity index (χ0n) is 7.93. The Balaban J connectivity index is 2.38. The molecule has 0 saturated heterocycles. The van der Waals surface area contributed by atoms with Gasteiger partial charge in [0.1, 0.15) is 6.20 Å². The number of nitro groups is 1. The number of aromatic nitrogens is 2. The maximum absolute atomic E-state index is 10.5. The minimum Gasteiger partial charge on any atom is -0.358 e. The SMILES string of the molecule is Cn1cc([N+](=O)[O-])nc1C1=CCCC1. The molecular weight excluding hydrogens is 182 g/mol. The molecule has 5 nitrogen and oxygen atoms in total. The molecule has 1 aromatic rings. The van der Waals surface area contributed by atoms with Gasteiger partial charge in [-0.15, -0.1) is 0 Å². The molecule has 0 aliphatic heterocycles. The zero-order valence-corrected chi connectivity index (χ0v) is 7.93. The summed E-state index contributed by atoms with van der Waals surface area (Å²) in [6.45, 7) is 0. The average Bonchev–Trinajstić information content (AvgIpc) is 2.71. The van der Waals surface area contributed by atoms with E-state index in [-0.39, 0.29) is 5.82 Å². The summed E-state index contributed by atoms with van der Waals surface area (Å²) < 4.78 is 1.72. The Morgan fingerprint density at radius 1 is 1.64 bits per heavy atom. The van der Waals surface area contributed by atoms with Crippen molar-refractivity contribution in [1.29, 1.82) is 0 Å². The molecule has 0 amide bonds. The van der Waals surface area contributed by atoms with Gasteiger partial charge < -0.3 is 14.7 Å². The number of allylic oxidation sites excluding steroid dienone is 2. The van der Waals surface area contributed by atoms with Crippen LogP contribution in [0.3, 0.4) is 0 Å². The van der Waals surface area contributed by atoms with Gasteiger partial charge in [-0.25, -0.2) is 0 Å². The van der Waals surface area contributed by atoms with Crippen molar-refractivity contribution in [1.82, 2.24) is 9.55 Å². The lowest BCUT2D eigenvalue weighted by Crippen LogP contribution is -1.94. The highest BCUT2D eigenvalue weighted by atomic mass is 16.6. The molecule has 1 aliphatic carbocycles. The normalized spacial score (nSPS) is 15.6. The molecule has 2 rings (SSSR count). The molecule has 0 bridgehead atoms. The Morgan fingerprint density at radius 2 is 2.43 bits per heavy atom. The maximum atomic E-state index is 10.5. The molecule has 0 spiro atoms. The third-order valence-corrected chi connectivity index (χ3v) is 2.38. The Kier molecular flexibility index (Phi) is 2.07. The third-order valence-electron chi connectivity index (χ3n) is 2.38. The molecule has 14 heavy (non-hydrogen) atoms. The van der Waals surface area contributed by atoms with Crippen molar-refractivity contribution in [3.8, 4) is 0 Å². The summed E-state index contributed by atoms with van der Waals surface area (Å²) in [6, 6.07) is 0.